The molecule has 0 aliphatic rings. The second kappa shape index (κ2) is 10.1. The summed E-state index contributed by atoms with van der Waals surface area (Å²) in [5.74, 6) is 1.24. The van der Waals surface area contributed by atoms with Crippen molar-refractivity contribution in [3.63, 3.8) is 0 Å². The smallest absolute Gasteiger partial charge is 0.274 e. The molecule has 0 radical (unpaired) electrons. The Balaban J connectivity index is 1.72. The number of aryl methyl sites for hydroxylation is 1. The average molecular weight is 448 g/mol. The van der Waals surface area contributed by atoms with Gasteiger partial charge >= 0.3 is 0 Å². The number of hydrazone groups is 1. The van der Waals surface area contributed by atoms with Gasteiger partial charge in [0.25, 0.3) is 5.56 Å². The second-order valence-corrected chi connectivity index (χ2v) is 6.90. The minimum atomic E-state index is -0.332. The van der Waals surface area contributed by atoms with Crippen molar-refractivity contribution in [2.45, 2.75) is 20.5 Å². The minimum absolute atomic E-state index is 0.142. The fourth-order valence-electron chi connectivity index (χ4n) is 2.42. The molecule has 30 heavy (non-hydrogen) atoms. The third-order valence-electron chi connectivity index (χ3n) is 3.95. The van der Waals surface area contributed by atoms with Gasteiger partial charge in [-0.2, -0.15) is 5.10 Å². The van der Waals surface area contributed by atoms with E-state index in [2.05, 4.69) is 25.7 Å². The molecular weight excluding hydrogens is 429 g/mol. The summed E-state index contributed by atoms with van der Waals surface area (Å²) in [5, 5.41) is 12.6. The van der Waals surface area contributed by atoms with E-state index >= 15 is 0 Å². The lowest BCUT2D eigenvalue weighted by Crippen LogP contribution is -2.15. The number of rotatable bonds is 8. The van der Waals surface area contributed by atoms with Crippen molar-refractivity contribution in [2.75, 3.05) is 12.0 Å². The molecule has 0 amide bonds. The molecule has 2 N–H and O–H groups in total. The van der Waals surface area contributed by atoms with E-state index in [0.717, 1.165) is 5.56 Å². The summed E-state index contributed by atoms with van der Waals surface area (Å²) < 4.78 is 11.6. The number of hydrogen-bond donors (Lipinski definition) is 2. The highest BCUT2D eigenvalue weighted by Gasteiger charge is 2.10. The molecule has 1 aromatic heterocycles. The molecule has 0 atom stereocenters. The molecule has 2 aromatic carbocycles. The summed E-state index contributed by atoms with van der Waals surface area (Å²) in [5.41, 5.74) is 4.02. The summed E-state index contributed by atoms with van der Waals surface area (Å²) in [6.45, 7) is 4.11. The minimum Gasteiger partial charge on any atom is -0.490 e. The summed E-state index contributed by atoms with van der Waals surface area (Å²) in [6.07, 6.45) is 1.55. The first-order chi connectivity index (χ1) is 14.5. The Morgan fingerprint density at radius 3 is 2.60 bits per heavy atom. The van der Waals surface area contributed by atoms with E-state index in [1.807, 2.05) is 6.92 Å². The SMILES string of the molecule is CCOc1cc(/C=N/Nc2nnc(C)c(=O)[nH]2)ccc1OCc1c(Cl)cccc1Cl. The zero-order valence-electron chi connectivity index (χ0n) is 16.3. The first kappa shape index (κ1) is 21.6. The molecule has 156 valence electrons. The Morgan fingerprint density at radius 1 is 1.13 bits per heavy atom. The molecule has 0 unspecified atom stereocenters. The van der Waals surface area contributed by atoms with Crippen LogP contribution in [-0.2, 0) is 6.61 Å². The Bertz CT molecular complexity index is 1100. The van der Waals surface area contributed by atoms with Gasteiger partial charge in [-0.3, -0.25) is 9.78 Å². The third-order valence-corrected chi connectivity index (χ3v) is 4.65. The summed E-state index contributed by atoms with van der Waals surface area (Å²) in [4.78, 5) is 14.1. The molecule has 0 bridgehead atoms. The molecule has 0 aliphatic carbocycles. The number of H-pyrrole nitrogens is 1. The normalized spacial score (nSPS) is 10.9. The molecule has 0 spiro atoms. The first-order valence-electron chi connectivity index (χ1n) is 9.03. The maximum atomic E-state index is 11.5. The van der Waals surface area contributed by atoms with Crippen LogP contribution in [0, 0.1) is 6.92 Å². The van der Waals surface area contributed by atoms with E-state index in [1.54, 1.807) is 49.5 Å². The van der Waals surface area contributed by atoms with Gasteiger partial charge < -0.3 is 9.47 Å². The maximum Gasteiger partial charge on any atom is 0.274 e. The van der Waals surface area contributed by atoms with Crippen molar-refractivity contribution in [3.05, 3.63) is 73.6 Å². The summed E-state index contributed by atoms with van der Waals surface area (Å²) >= 11 is 12.4. The van der Waals surface area contributed by atoms with Gasteiger partial charge in [0.1, 0.15) is 12.3 Å². The molecule has 1 heterocycles. The van der Waals surface area contributed by atoms with Crippen LogP contribution in [0.25, 0.3) is 0 Å². The van der Waals surface area contributed by atoms with Crippen LogP contribution < -0.4 is 20.5 Å². The lowest BCUT2D eigenvalue weighted by atomic mass is 10.2. The molecular formula is C20H19Cl2N5O3. The molecule has 0 fully saturated rings. The quantitative estimate of drug-likeness (QED) is 0.396. The molecule has 0 saturated carbocycles. The average Bonchev–Trinajstić information content (AvgIpc) is 2.72. The lowest BCUT2D eigenvalue weighted by Gasteiger charge is -2.14. The first-order valence-corrected chi connectivity index (χ1v) is 9.78. The van der Waals surface area contributed by atoms with Gasteiger partial charge in [0, 0.05) is 15.6 Å². The number of nitrogens with zero attached hydrogens (tertiary/aromatic N) is 3. The van der Waals surface area contributed by atoms with Gasteiger partial charge in [0.05, 0.1) is 12.8 Å². The Hall–Kier alpha value is -3.10. The van der Waals surface area contributed by atoms with Crippen molar-refractivity contribution in [1.29, 1.82) is 0 Å². The Labute approximate surface area is 182 Å². The van der Waals surface area contributed by atoms with Gasteiger partial charge in [-0.1, -0.05) is 29.3 Å². The number of nitrogens with one attached hydrogen (secondary N) is 2. The number of hydrogen-bond acceptors (Lipinski definition) is 7. The number of halogens is 2. The topological polar surface area (TPSA) is 101 Å². The number of anilines is 1. The van der Waals surface area contributed by atoms with Gasteiger partial charge in [-0.15, -0.1) is 10.2 Å². The van der Waals surface area contributed by atoms with Crippen LogP contribution in [0.2, 0.25) is 10.0 Å². The molecule has 0 saturated heterocycles. The largest absolute Gasteiger partial charge is 0.490 e. The molecule has 8 nitrogen and oxygen atoms in total. The van der Waals surface area contributed by atoms with E-state index in [0.29, 0.717) is 33.7 Å². The van der Waals surface area contributed by atoms with E-state index < -0.39 is 0 Å². The third kappa shape index (κ3) is 5.49. The van der Waals surface area contributed by atoms with E-state index in [1.165, 1.54) is 0 Å². The number of benzene rings is 2. The van der Waals surface area contributed by atoms with Crippen LogP contribution in [0.1, 0.15) is 23.7 Å². The van der Waals surface area contributed by atoms with Crippen LogP contribution in [-0.4, -0.2) is 28.0 Å². The summed E-state index contributed by atoms with van der Waals surface area (Å²) in [6, 6.07) is 10.6. The Morgan fingerprint density at radius 2 is 1.90 bits per heavy atom. The van der Waals surface area contributed by atoms with Crippen LogP contribution >= 0.6 is 23.2 Å². The fraction of sp³-hybridized carbons (Fsp3) is 0.200. The molecule has 3 aromatic rings. The highest BCUT2D eigenvalue weighted by atomic mass is 35.5. The zero-order valence-corrected chi connectivity index (χ0v) is 17.8. The highest BCUT2D eigenvalue weighted by Crippen LogP contribution is 2.31. The second-order valence-electron chi connectivity index (χ2n) is 6.09. The fourth-order valence-corrected chi connectivity index (χ4v) is 2.93. The number of ether oxygens (including phenoxy) is 2. The molecule has 10 heteroatoms. The van der Waals surface area contributed by atoms with Crippen molar-refractivity contribution in [1.82, 2.24) is 15.2 Å². The maximum absolute atomic E-state index is 11.5. The molecule has 3 rings (SSSR count). The predicted octanol–water partition coefficient (Wildman–Crippen LogP) is 4.20. The monoisotopic (exact) mass is 447 g/mol. The van der Waals surface area contributed by atoms with E-state index in [9.17, 15) is 4.79 Å². The van der Waals surface area contributed by atoms with Crippen LogP contribution in [0.3, 0.4) is 0 Å². The van der Waals surface area contributed by atoms with Crippen LogP contribution in [0.15, 0.2) is 46.3 Å². The highest BCUT2D eigenvalue weighted by molar-refractivity contribution is 6.35. The number of aromatic nitrogens is 3. The van der Waals surface area contributed by atoms with Crippen molar-refractivity contribution >= 4 is 35.4 Å². The zero-order chi connectivity index (χ0) is 21.5. The standard InChI is InChI=1S/C20H19Cl2N5O3/c1-3-29-18-9-13(10-23-26-20-24-19(28)12(2)25-27-20)7-8-17(18)30-11-14-15(21)5-4-6-16(14)22/h4-10H,3,11H2,1-2H3,(H2,24,26,27,28)/b23-10+. The molecule has 0 aliphatic heterocycles. The van der Waals surface area contributed by atoms with Crippen LogP contribution in [0.4, 0.5) is 5.95 Å². The summed E-state index contributed by atoms with van der Waals surface area (Å²) in [7, 11) is 0. The number of aromatic amines is 1. The van der Waals surface area contributed by atoms with Crippen molar-refractivity contribution in [3.8, 4) is 11.5 Å². The van der Waals surface area contributed by atoms with Gasteiger partial charge in [0.2, 0.25) is 5.95 Å². The van der Waals surface area contributed by atoms with Crippen LogP contribution in [0.5, 0.6) is 11.5 Å². The van der Waals surface area contributed by atoms with Gasteiger partial charge in [-0.05, 0) is 49.7 Å². The Kier molecular flexibility index (Phi) is 7.26. The van der Waals surface area contributed by atoms with Crippen molar-refractivity contribution < 1.29 is 9.47 Å². The van der Waals surface area contributed by atoms with Crippen molar-refractivity contribution in [2.24, 2.45) is 5.10 Å². The lowest BCUT2D eigenvalue weighted by molar-refractivity contribution is 0.269. The van der Waals surface area contributed by atoms with Gasteiger partial charge in [0.15, 0.2) is 11.5 Å². The predicted molar refractivity (Wildman–Crippen MR) is 117 cm³/mol. The van der Waals surface area contributed by atoms with Gasteiger partial charge in [-0.25, -0.2) is 5.43 Å². The van der Waals surface area contributed by atoms with E-state index in [4.69, 9.17) is 32.7 Å². The van der Waals surface area contributed by atoms with E-state index in [-0.39, 0.29) is 23.8 Å².